The van der Waals surface area contributed by atoms with Gasteiger partial charge in [-0.15, -0.1) is 13.2 Å². The quantitative estimate of drug-likeness (QED) is 0.427. The predicted molar refractivity (Wildman–Crippen MR) is 108 cm³/mol. The average Bonchev–Trinajstić information content (AvgIpc) is 3.40. The Morgan fingerprint density at radius 2 is 1.93 bits per heavy atom. The zero-order valence-corrected chi connectivity index (χ0v) is 16.9. The van der Waals surface area contributed by atoms with Gasteiger partial charge in [-0.25, -0.2) is 0 Å². The smallest absolute Gasteiger partial charge is 0.405 e. The van der Waals surface area contributed by atoms with Crippen molar-refractivity contribution < 1.29 is 17.9 Å². The SMILES string of the molecule is C=C(C)CN1CCC(NC(=NC)NC2CC2c2ccccc2OC(F)(F)F)CC1. The van der Waals surface area contributed by atoms with Crippen LogP contribution in [0.1, 0.15) is 37.7 Å². The van der Waals surface area contributed by atoms with E-state index in [1.54, 1.807) is 25.2 Å². The summed E-state index contributed by atoms with van der Waals surface area (Å²) in [7, 11) is 1.71. The Labute approximate surface area is 170 Å². The number of hydrogen-bond acceptors (Lipinski definition) is 3. The highest BCUT2D eigenvalue weighted by atomic mass is 19.4. The van der Waals surface area contributed by atoms with E-state index in [0.29, 0.717) is 17.6 Å². The van der Waals surface area contributed by atoms with Crippen LogP contribution in [0.4, 0.5) is 13.2 Å². The summed E-state index contributed by atoms with van der Waals surface area (Å²) >= 11 is 0. The molecule has 1 aromatic rings. The highest BCUT2D eigenvalue weighted by Crippen LogP contribution is 2.45. The molecule has 8 heteroatoms. The van der Waals surface area contributed by atoms with Crippen molar-refractivity contribution in [2.45, 2.75) is 50.6 Å². The normalized spacial score (nSPS) is 23.6. The van der Waals surface area contributed by atoms with Gasteiger partial charge in [-0.1, -0.05) is 30.4 Å². The minimum absolute atomic E-state index is 0.0236. The molecule has 0 bridgehead atoms. The highest BCUT2D eigenvalue weighted by Gasteiger charge is 2.42. The van der Waals surface area contributed by atoms with Gasteiger partial charge in [-0.3, -0.25) is 9.89 Å². The largest absolute Gasteiger partial charge is 0.573 e. The van der Waals surface area contributed by atoms with E-state index in [-0.39, 0.29) is 17.7 Å². The molecule has 2 atom stereocenters. The van der Waals surface area contributed by atoms with E-state index in [2.05, 4.69) is 31.8 Å². The molecule has 3 rings (SSSR count). The zero-order valence-electron chi connectivity index (χ0n) is 16.9. The van der Waals surface area contributed by atoms with Gasteiger partial charge in [0.25, 0.3) is 0 Å². The summed E-state index contributed by atoms with van der Waals surface area (Å²) in [6, 6.07) is 6.73. The molecule has 2 unspecified atom stereocenters. The van der Waals surface area contributed by atoms with Crippen molar-refractivity contribution in [2.75, 3.05) is 26.7 Å². The summed E-state index contributed by atoms with van der Waals surface area (Å²) in [5.41, 5.74) is 1.74. The molecule has 160 valence electrons. The second-order valence-corrected chi connectivity index (χ2v) is 7.90. The van der Waals surface area contributed by atoms with E-state index in [4.69, 9.17) is 0 Å². The first-order chi connectivity index (χ1) is 13.7. The molecule has 2 aliphatic rings. The minimum atomic E-state index is -4.69. The van der Waals surface area contributed by atoms with Crippen molar-refractivity contribution >= 4 is 5.96 Å². The molecule has 1 aliphatic heterocycles. The van der Waals surface area contributed by atoms with E-state index in [1.807, 2.05) is 6.92 Å². The first-order valence-corrected chi connectivity index (χ1v) is 9.96. The molecule has 1 aliphatic carbocycles. The summed E-state index contributed by atoms with van der Waals surface area (Å²) in [6.45, 7) is 8.96. The van der Waals surface area contributed by atoms with E-state index < -0.39 is 6.36 Å². The average molecular weight is 410 g/mol. The van der Waals surface area contributed by atoms with Crippen LogP contribution in [0.15, 0.2) is 41.4 Å². The maximum Gasteiger partial charge on any atom is 0.573 e. The van der Waals surface area contributed by atoms with Gasteiger partial charge in [0.15, 0.2) is 5.96 Å². The lowest BCUT2D eigenvalue weighted by molar-refractivity contribution is -0.274. The van der Waals surface area contributed by atoms with Gasteiger partial charge in [-0.2, -0.15) is 0 Å². The topological polar surface area (TPSA) is 48.9 Å². The van der Waals surface area contributed by atoms with Crippen molar-refractivity contribution in [3.05, 3.63) is 42.0 Å². The standard InChI is InChI=1S/C21H29F3N4O/c1-14(2)13-28-10-8-15(9-11-28)26-20(25-3)27-18-12-17(18)16-6-4-5-7-19(16)29-21(22,23)24/h4-7,15,17-18H,1,8-13H2,2-3H3,(H2,25,26,27). The first-order valence-electron chi connectivity index (χ1n) is 9.96. The van der Waals surface area contributed by atoms with Gasteiger partial charge in [0.1, 0.15) is 5.75 Å². The monoisotopic (exact) mass is 410 g/mol. The number of alkyl halides is 3. The van der Waals surface area contributed by atoms with Crippen LogP contribution in [0.3, 0.4) is 0 Å². The number of ether oxygens (including phenoxy) is 1. The summed E-state index contributed by atoms with van der Waals surface area (Å²) in [5.74, 6) is 0.553. The molecule has 0 spiro atoms. The number of aliphatic imine (C=N–C) groups is 1. The fourth-order valence-corrected chi connectivity index (χ4v) is 3.86. The molecule has 5 nitrogen and oxygen atoms in total. The van der Waals surface area contributed by atoms with Gasteiger partial charge in [0.2, 0.25) is 0 Å². The van der Waals surface area contributed by atoms with Gasteiger partial charge in [0.05, 0.1) is 0 Å². The fraction of sp³-hybridized carbons (Fsp3) is 0.571. The lowest BCUT2D eigenvalue weighted by Gasteiger charge is -2.33. The molecule has 0 amide bonds. The fourth-order valence-electron chi connectivity index (χ4n) is 3.86. The van der Waals surface area contributed by atoms with Gasteiger partial charge >= 0.3 is 6.36 Å². The van der Waals surface area contributed by atoms with Crippen molar-refractivity contribution in [3.8, 4) is 5.75 Å². The lowest BCUT2D eigenvalue weighted by Crippen LogP contribution is -2.49. The third kappa shape index (κ3) is 6.39. The van der Waals surface area contributed by atoms with Gasteiger partial charge in [-0.05, 0) is 37.8 Å². The number of guanidine groups is 1. The lowest BCUT2D eigenvalue weighted by atomic mass is 10.0. The van der Waals surface area contributed by atoms with Crippen molar-refractivity contribution in [3.63, 3.8) is 0 Å². The summed E-state index contributed by atoms with van der Waals surface area (Å²) in [4.78, 5) is 6.69. The van der Waals surface area contributed by atoms with Crippen molar-refractivity contribution in [1.82, 2.24) is 15.5 Å². The van der Waals surface area contributed by atoms with Crippen molar-refractivity contribution in [1.29, 1.82) is 0 Å². The zero-order chi connectivity index (χ0) is 21.0. The van der Waals surface area contributed by atoms with Crippen LogP contribution < -0.4 is 15.4 Å². The molecular weight excluding hydrogens is 381 g/mol. The number of likely N-dealkylation sites (tertiary alicyclic amines) is 1. The Bertz CT molecular complexity index is 742. The third-order valence-electron chi connectivity index (χ3n) is 5.30. The van der Waals surface area contributed by atoms with Gasteiger partial charge < -0.3 is 15.4 Å². The van der Waals surface area contributed by atoms with E-state index >= 15 is 0 Å². The van der Waals surface area contributed by atoms with Gasteiger partial charge in [0, 0.05) is 44.7 Å². The van der Waals surface area contributed by atoms with Crippen LogP contribution in [-0.4, -0.2) is 56.0 Å². The predicted octanol–water partition coefficient (Wildman–Crippen LogP) is 3.65. The first kappa shape index (κ1) is 21.5. The second kappa shape index (κ2) is 9.07. The number of piperidine rings is 1. The third-order valence-corrected chi connectivity index (χ3v) is 5.30. The van der Waals surface area contributed by atoms with Crippen LogP contribution in [0.5, 0.6) is 5.75 Å². The van der Waals surface area contributed by atoms with Crippen LogP contribution in [0.25, 0.3) is 0 Å². The molecule has 1 heterocycles. The maximum absolute atomic E-state index is 12.6. The number of nitrogens with zero attached hydrogens (tertiary/aromatic N) is 2. The summed E-state index contributed by atoms with van der Waals surface area (Å²) in [6.07, 6.45) is -1.91. The Morgan fingerprint density at radius 1 is 1.24 bits per heavy atom. The molecule has 1 saturated heterocycles. The van der Waals surface area contributed by atoms with Crippen molar-refractivity contribution in [2.24, 2.45) is 4.99 Å². The van der Waals surface area contributed by atoms with E-state index in [1.165, 1.54) is 11.6 Å². The number of benzene rings is 1. The maximum atomic E-state index is 12.6. The number of rotatable bonds is 6. The van der Waals surface area contributed by atoms with Crippen LogP contribution in [0.2, 0.25) is 0 Å². The molecule has 0 radical (unpaired) electrons. The van der Waals surface area contributed by atoms with E-state index in [9.17, 15) is 13.2 Å². The van der Waals surface area contributed by atoms with Crippen LogP contribution >= 0.6 is 0 Å². The molecule has 2 fully saturated rings. The number of nitrogens with one attached hydrogen (secondary N) is 2. The number of halogens is 3. The Kier molecular flexibility index (Phi) is 6.72. The molecule has 0 aromatic heterocycles. The Hall–Kier alpha value is -2.22. The molecule has 29 heavy (non-hydrogen) atoms. The Morgan fingerprint density at radius 3 is 2.55 bits per heavy atom. The number of hydrogen-bond donors (Lipinski definition) is 2. The summed E-state index contributed by atoms with van der Waals surface area (Å²) < 4.78 is 42.1. The number of para-hydroxylation sites is 1. The Balaban J connectivity index is 1.51. The molecule has 1 aromatic carbocycles. The summed E-state index contributed by atoms with van der Waals surface area (Å²) in [5, 5.41) is 6.80. The van der Waals surface area contributed by atoms with E-state index in [0.717, 1.165) is 38.9 Å². The molecular formula is C21H29F3N4O. The molecule has 2 N–H and O–H groups in total. The van der Waals surface area contributed by atoms with Crippen LogP contribution in [-0.2, 0) is 0 Å². The van der Waals surface area contributed by atoms with Crippen LogP contribution in [0, 0.1) is 0 Å². The second-order valence-electron chi connectivity index (χ2n) is 7.90. The minimum Gasteiger partial charge on any atom is -0.405 e. The molecule has 1 saturated carbocycles. The highest BCUT2D eigenvalue weighted by molar-refractivity contribution is 5.81.